The summed E-state index contributed by atoms with van der Waals surface area (Å²) in [6, 6.07) is 5.68. The molecule has 0 spiro atoms. The molecule has 1 aromatic heterocycles. The quantitative estimate of drug-likeness (QED) is 0.925. The molecule has 5 nitrogen and oxygen atoms in total. The molecule has 3 rings (SSSR count). The average Bonchev–Trinajstić information content (AvgIpc) is 2.59. The van der Waals surface area contributed by atoms with E-state index in [1.165, 1.54) is 0 Å². The molecular formula is C18H20ClN3O2. The number of morpholine rings is 1. The third-order valence-corrected chi connectivity index (χ3v) is 4.33. The number of hydrogen-bond acceptors (Lipinski definition) is 4. The highest BCUT2D eigenvalue weighted by Crippen LogP contribution is 2.28. The van der Waals surface area contributed by atoms with Gasteiger partial charge in [0, 0.05) is 19.3 Å². The van der Waals surface area contributed by atoms with Crippen molar-refractivity contribution in [2.45, 2.75) is 13.8 Å². The highest BCUT2D eigenvalue weighted by molar-refractivity contribution is 6.34. The fourth-order valence-corrected chi connectivity index (χ4v) is 3.17. The third-order valence-electron chi connectivity index (χ3n) is 4.03. The van der Waals surface area contributed by atoms with E-state index < -0.39 is 0 Å². The maximum atomic E-state index is 12.6. The Morgan fingerprint density at radius 1 is 1.21 bits per heavy atom. The number of hydrogen-bond donors (Lipinski definition) is 1. The zero-order valence-electron chi connectivity index (χ0n) is 13.8. The van der Waals surface area contributed by atoms with Gasteiger partial charge >= 0.3 is 0 Å². The molecule has 0 radical (unpaired) electrons. The fourth-order valence-electron chi connectivity index (χ4n) is 2.81. The molecule has 0 atom stereocenters. The van der Waals surface area contributed by atoms with Gasteiger partial charge in [0.25, 0.3) is 5.91 Å². The van der Waals surface area contributed by atoms with E-state index in [9.17, 15) is 4.79 Å². The zero-order chi connectivity index (χ0) is 17.1. The van der Waals surface area contributed by atoms with Gasteiger partial charge < -0.3 is 15.0 Å². The normalized spacial score (nSPS) is 14.5. The molecule has 1 N–H and O–H groups in total. The summed E-state index contributed by atoms with van der Waals surface area (Å²) >= 11 is 6.27. The summed E-state index contributed by atoms with van der Waals surface area (Å²) in [5.74, 6) is -0.216. The smallest absolute Gasteiger partial charge is 0.257 e. The molecular weight excluding hydrogens is 326 g/mol. The van der Waals surface area contributed by atoms with Crippen molar-refractivity contribution >= 4 is 28.9 Å². The summed E-state index contributed by atoms with van der Waals surface area (Å²) in [5, 5.41) is 3.44. The maximum Gasteiger partial charge on any atom is 0.257 e. The van der Waals surface area contributed by atoms with Crippen molar-refractivity contribution in [2.75, 3.05) is 36.5 Å². The Balaban J connectivity index is 1.80. The summed E-state index contributed by atoms with van der Waals surface area (Å²) in [6.07, 6.45) is 3.34. The number of aromatic nitrogens is 1. The van der Waals surface area contributed by atoms with Crippen molar-refractivity contribution in [3.8, 4) is 0 Å². The van der Waals surface area contributed by atoms with Gasteiger partial charge in [0.1, 0.15) is 0 Å². The molecule has 0 aliphatic carbocycles. The van der Waals surface area contributed by atoms with Gasteiger partial charge in [0.15, 0.2) is 0 Å². The van der Waals surface area contributed by atoms with Crippen LogP contribution in [0.4, 0.5) is 11.4 Å². The van der Waals surface area contributed by atoms with Crippen LogP contribution in [0.25, 0.3) is 0 Å². The Morgan fingerprint density at radius 2 is 1.96 bits per heavy atom. The van der Waals surface area contributed by atoms with Gasteiger partial charge in [-0.15, -0.1) is 0 Å². The number of rotatable bonds is 3. The molecule has 0 saturated carbocycles. The Kier molecular flexibility index (Phi) is 5.02. The van der Waals surface area contributed by atoms with Crippen molar-refractivity contribution < 1.29 is 9.53 Å². The fraction of sp³-hybridized carbons (Fsp3) is 0.333. The van der Waals surface area contributed by atoms with Crippen LogP contribution >= 0.6 is 11.6 Å². The van der Waals surface area contributed by atoms with E-state index in [1.807, 2.05) is 32.0 Å². The molecule has 2 aromatic rings. The van der Waals surface area contributed by atoms with Crippen molar-refractivity contribution in [1.29, 1.82) is 0 Å². The SMILES string of the molecule is Cc1cc(C)c(NC(=O)c2cncc(N3CCOCC3)c2)c(Cl)c1. The second-order valence-corrected chi connectivity index (χ2v) is 6.33. The molecule has 1 fully saturated rings. The number of aryl methyl sites for hydroxylation is 2. The molecule has 1 aromatic carbocycles. The standard InChI is InChI=1S/C18H20ClN3O2/c1-12-7-13(2)17(16(19)8-12)21-18(23)14-9-15(11-20-10-14)22-3-5-24-6-4-22/h7-11H,3-6H2,1-2H3,(H,21,23). The number of amides is 1. The summed E-state index contributed by atoms with van der Waals surface area (Å²) in [7, 11) is 0. The van der Waals surface area contributed by atoms with E-state index in [0.717, 1.165) is 29.9 Å². The predicted molar refractivity (Wildman–Crippen MR) is 96.1 cm³/mol. The van der Waals surface area contributed by atoms with Crippen LogP contribution in [0.2, 0.25) is 5.02 Å². The number of nitrogens with zero attached hydrogens (tertiary/aromatic N) is 2. The first kappa shape index (κ1) is 16.7. The number of carbonyl (C=O) groups is 1. The first-order valence-electron chi connectivity index (χ1n) is 7.90. The molecule has 6 heteroatoms. The monoisotopic (exact) mass is 345 g/mol. The Labute approximate surface area is 146 Å². The van der Waals surface area contributed by atoms with Crippen LogP contribution < -0.4 is 10.2 Å². The van der Waals surface area contributed by atoms with E-state index in [-0.39, 0.29) is 5.91 Å². The second-order valence-electron chi connectivity index (χ2n) is 5.92. The van der Waals surface area contributed by atoms with Crippen molar-refractivity contribution in [3.63, 3.8) is 0 Å². The lowest BCUT2D eigenvalue weighted by Crippen LogP contribution is -2.36. The minimum Gasteiger partial charge on any atom is -0.378 e. The lowest BCUT2D eigenvalue weighted by atomic mass is 10.1. The first-order chi connectivity index (χ1) is 11.5. The summed E-state index contributed by atoms with van der Waals surface area (Å²) < 4.78 is 5.36. The van der Waals surface area contributed by atoms with Gasteiger partial charge in [-0.05, 0) is 37.1 Å². The minimum absolute atomic E-state index is 0.216. The summed E-state index contributed by atoms with van der Waals surface area (Å²) in [4.78, 5) is 19.0. The Bertz CT molecular complexity index is 735. The predicted octanol–water partition coefficient (Wildman–Crippen LogP) is 3.44. The van der Waals surface area contributed by atoms with Crippen molar-refractivity contribution in [2.24, 2.45) is 0 Å². The van der Waals surface area contributed by atoms with E-state index >= 15 is 0 Å². The van der Waals surface area contributed by atoms with Gasteiger partial charge in [0.2, 0.25) is 0 Å². The molecule has 1 amide bonds. The number of carbonyl (C=O) groups excluding carboxylic acids is 1. The van der Waals surface area contributed by atoms with E-state index in [2.05, 4.69) is 15.2 Å². The molecule has 1 aliphatic rings. The molecule has 1 aliphatic heterocycles. The second kappa shape index (κ2) is 7.20. The summed E-state index contributed by atoms with van der Waals surface area (Å²) in [5.41, 5.74) is 4.08. The number of anilines is 2. The number of benzene rings is 1. The van der Waals surface area contributed by atoms with Crippen molar-refractivity contribution in [1.82, 2.24) is 4.98 Å². The lowest BCUT2D eigenvalue weighted by molar-refractivity contribution is 0.102. The highest BCUT2D eigenvalue weighted by atomic mass is 35.5. The average molecular weight is 346 g/mol. The molecule has 1 saturated heterocycles. The highest BCUT2D eigenvalue weighted by Gasteiger charge is 2.15. The van der Waals surface area contributed by atoms with E-state index in [1.54, 1.807) is 12.4 Å². The Morgan fingerprint density at radius 3 is 2.67 bits per heavy atom. The molecule has 2 heterocycles. The van der Waals surface area contributed by atoms with Crippen LogP contribution in [0, 0.1) is 13.8 Å². The number of ether oxygens (including phenoxy) is 1. The Hall–Kier alpha value is -2.11. The van der Waals surface area contributed by atoms with E-state index in [0.29, 0.717) is 29.5 Å². The van der Waals surface area contributed by atoms with Gasteiger partial charge in [-0.25, -0.2) is 0 Å². The zero-order valence-corrected chi connectivity index (χ0v) is 14.6. The maximum absolute atomic E-state index is 12.6. The van der Waals surface area contributed by atoms with Gasteiger partial charge in [-0.1, -0.05) is 17.7 Å². The first-order valence-corrected chi connectivity index (χ1v) is 8.28. The van der Waals surface area contributed by atoms with Crippen LogP contribution in [-0.4, -0.2) is 37.2 Å². The summed E-state index contributed by atoms with van der Waals surface area (Å²) in [6.45, 7) is 6.88. The lowest BCUT2D eigenvalue weighted by Gasteiger charge is -2.28. The number of halogens is 1. The van der Waals surface area contributed by atoms with Crippen molar-refractivity contribution in [3.05, 3.63) is 52.3 Å². The number of nitrogens with one attached hydrogen (secondary N) is 1. The minimum atomic E-state index is -0.216. The van der Waals surface area contributed by atoms with Crippen LogP contribution in [0.15, 0.2) is 30.6 Å². The van der Waals surface area contributed by atoms with Gasteiger partial charge in [-0.2, -0.15) is 0 Å². The van der Waals surface area contributed by atoms with Crippen LogP contribution in [0.5, 0.6) is 0 Å². The third kappa shape index (κ3) is 3.68. The topological polar surface area (TPSA) is 54.5 Å². The van der Waals surface area contributed by atoms with Gasteiger partial charge in [0.05, 0.1) is 41.4 Å². The molecule has 0 bridgehead atoms. The van der Waals surface area contributed by atoms with Crippen LogP contribution in [0.1, 0.15) is 21.5 Å². The van der Waals surface area contributed by atoms with Crippen LogP contribution in [-0.2, 0) is 4.74 Å². The van der Waals surface area contributed by atoms with E-state index in [4.69, 9.17) is 16.3 Å². The largest absolute Gasteiger partial charge is 0.378 e. The number of pyridine rings is 1. The van der Waals surface area contributed by atoms with Crippen LogP contribution in [0.3, 0.4) is 0 Å². The van der Waals surface area contributed by atoms with Gasteiger partial charge in [-0.3, -0.25) is 9.78 Å². The molecule has 126 valence electrons. The molecule has 0 unspecified atom stereocenters. The molecule has 24 heavy (non-hydrogen) atoms.